The van der Waals surface area contributed by atoms with Crippen molar-refractivity contribution in [1.29, 1.82) is 0 Å². The number of hydrogen-bond donors (Lipinski definition) is 1. The topological polar surface area (TPSA) is 104 Å². The molecule has 3 aliphatic rings. The Hall–Kier alpha value is -3.17. The first kappa shape index (κ1) is 22.6. The van der Waals surface area contributed by atoms with Crippen molar-refractivity contribution in [2.24, 2.45) is 15.7 Å². The lowest BCUT2D eigenvalue weighted by Gasteiger charge is -2.35. The molecule has 0 saturated carbocycles. The quantitative estimate of drug-likeness (QED) is 0.724. The van der Waals surface area contributed by atoms with Gasteiger partial charge in [0.15, 0.2) is 23.3 Å². The number of aromatic nitrogens is 1. The molecule has 0 aliphatic carbocycles. The van der Waals surface area contributed by atoms with E-state index >= 15 is 0 Å². The molecule has 1 aromatic heterocycles. The minimum atomic E-state index is -1.05. The maximum atomic E-state index is 6.91. The van der Waals surface area contributed by atoms with Crippen LogP contribution in [-0.4, -0.2) is 62.7 Å². The maximum absolute atomic E-state index is 6.91. The van der Waals surface area contributed by atoms with Gasteiger partial charge in [0.2, 0.25) is 5.88 Å². The van der Waals surface area contributed by atoms with Gasteiger partial charge in [-0.3, -0.25) is 0 Å². The van der Waals surface area contributed by atoms with E-state index in [4.69, 9.17) is 29.7 Å². The highest BCUT2D eigenvalue weighted by molar-refractivity contribution is 6.14. The monoisotopic (exact) mass is 465 g/mol. The maximum Gasteiger partial charge on any atom is 0.225 e. The zero-order chi connectivity index (χ0) is 24.3. The number of rotatable bonds is 5. The number of nitrogens with zero attached hydrogens (tertiary/aromatic N) is 4. The summed E-state index contributed by atoms with van der Waals surface area (Å²) in [6, 6.07) is 5.75. The number of hydrogen-bond acceptors (Lipinski definition) is 9. The van der Waals surface area contributed by atoms with Gasteiger partial charge in [0.25, 0.3) is 0 Å². The Balaban J connectivity index is 1.55. The highest BCUT2D eigenvalue weighted by Crippen LogP contribution is 2.44. The standard InChI is InChI=1S/C25H31N5O4/c1-24(2)11-15-16(12-33-24)22(30(3)4)29-23-19(15)20-21(34-23)25(26,28-13-27-20)10-14-7-8-17(31-5)18(9-14)32-6/h7-9,13,21H,10-12,26H2,1-6H3. The molecule has 34 heavy (non-hydrogen) atoms. The predicted molar refractivity (Wildman–Crippen MR) is 131 cm³/mol. The molecule has 0 fully saturated rings. The molecule has 9 heteroatoms. The number of nitrogens with two attached hydrogens (primary N) is 1. The molecule has 4 heterocycles. The smallest absolute Gasteiger partial charge is 0.225 e. The average Bonchev–Trinajstić information content (AvgIpc) is 3.18. The van der Waals surface area contributed by atoms with Crippen molar-refractivity contribution in [3.05, 3.63) is 40.5 Å². The van der Waals surface area contributed by atoms with Crippen LogP contribution in [0.5, 0.6) is 17.4 Å². The second-order valence-corrected chi connectivity index (χ2v) is 9.81. The SMILES string of the molecule is COc1ccc(CC2(N)N=CN=C3c4c(nc(N(C)C)c5c4CC(C)(C)OC5)OC32)cc1OC. The number of benzene rings is 1. The largest absolute Gasteiger partial charge is 0.493 e. The summed E-state index contributed by atoms with van der Waals surface area (Å²) in [5.41, 5.74) is 10.4. The first-order chi connectivity index (χ1) is 16.2. The molecule has 2 unspecified atom stereocenters. The van der Waals surface area contributed by atoms with Crippen molar-refractivity contribution in [1.82, 2.24) is 4.98 Å². The Bertz CT molecular complexity index is 1210. The van der Waals surface area contributed by atoms with Gasteiger partial charge in [0, 0.05) is 32.5 Å². The minimum absolute atomic E-state index is 0.299. The van der Waals surface area contributed by atoms with Gasteiger partial charge in [0.1, 0.15) is 12.2 Å². The van der Waals surface area contributed by atoms with E-state index in [0.29, 0.717) is 30.4 Å². The van der Waals surface area contributed by atoms with E-state index in [-0.39, 0.29) is 5.60 Å². The summed E-state index contributed by atoms with van der Waals surface area (Å²) in [5, 5.41) is 0. The van der Waals surface area contributed by atoms with Gasteiger partial charge in [-0.15, -0.1) is 0 Å². The van der Waals surface area contributed by atoms with Crippen molar-refractivity contribution >= 4 is 17.9 Å². The minimum Gasteiger partial charge on any atom is -0.493 e. The highest BCUT2D eigenvalue weighted by Gasteiger charge is 2.50. The lowest BCUT2D eigenvalue weighted by Crippen LogP contribution is -2.57. The predicted octanol–water partition coefficient (Wildman–Crippen LogP) is 2.51. The van der Waals surface area contributed by atoms with Crippen LogP contribution >= 0.6 is 0 Å². The van der Waals surface area contributed by atoms with Gasteiger partial charge >= 0.3 is 0 Å². The highest BCUT2D eigenvalue weighted by atomic mass is 16.5. The fourth-order valence-corrected chi connectivity index (χ4v) is 4.94. The van der Waals surface area contributed by atoms with Crippen molar-refractivity contribution in [2.75, 3.05) is 33.2 Å². The fourth-order valence-electron chi connectivity index (χ4n) is 4.94. The number of aliphatic imine (C=N–C) groups is 2. The molecule has 2 aromatic rings. The summed E-state index contributed by atoms with van der Waals surface area (Å²) in [7, 11) is 7.17. The number of ether oxygens (including phenoxy) is 4. The van der Waals surface area contributed by atoms with Crippen molar-refractivity contribution in [2.45, 2.75) is 50.7 Å². The average molecular weight is 466 g/mol. The van der Waals surface area contributed by atoms with E-state index in [1.807, 2.05) is 37.2 Å². The van der Waals surface area contributed by atoms with Gasteiger partial charge in [0.05, 0.1) is 37.7 Å². The molecular weight excluding hydrogens is 434 g/mol. The Kier molecular flexibility index (Phi) is 5.29. The Labute approximate surface area is 199 Å². The Morgan fingerprint density at radius 1 is 1.15 bits per heavy atom. The van der Waals surface area contributed by atoms with E-state index in [0.717, 1.165) is 40.2 Å². The van der Waals surface area contributed by atoms with Gasteiger partial charge < -0.3 is 29.6 Å². The lowest BCUT2D eigenvalue weighted by atomic mass is 9.84. The summed E-state index contributed by atoms with van der Waals surface area (Å²) in [5.74, 6) is 2.69. The van der Waals surface area contributed by atoms with E-state index in [2.05, 4.69) is 23.8 Å². The summed E-state index contributed by atoms with van der Waals surface area (Å²) in [6.45, 7) is 4.68. The molecule has 5 rings (SSSR count). The Morgan fingerprint density at radius 3 is 2.62 bits per heavy atom. The zero-order valence-corrected chi connectivity index (χ0v) is 20.5. The second kappa shape index (κ2) is 7.95. The van der Waals surface area contributed by atoms with E-state index in [1.54, 1.807) is 20.6 Å². The lowest BCUT2D eigenvalue weighted by molar-refractivity contribution is -0.0400. The summed E-state index contributed by atoms with van der Waals surface area (Å²) >= 11 is 0. The van der Waals surface area contributed by atoms with Crippen LogP contribution < -0.4 is 24.8 Å². The van der Waals surface area contributed by atoms with Crippen LogP contribution in [0.25, 0.3) is 0 Å². The first-order valence-electron chi connectivity index (χ1n) is 11.3. The van der Waals surface area contributed by atoms with Crippen LogP contribution in [0.2, 0.25) is 0 Å². The van der Waals surface area contributed by atoms with Gasteiger partial charge in [-0.1, -0.05) is 6.07 Å². The Morgan fingerprint density at radius 2 is 1.91 bits per heavy atom. The van der Waals surface area contributed by atoms with Crippen LogP contribution in [0, 0.1) is 0 Å². The van der Waals surface area contributed by atoms with E-state index in [9.17, 15) is 0 Å². The van der Waals surface area contributed by atoms with Crippen LogP contribution in [0.4, 0.5) is 5.82 Å². The van der Waals surface area contributed by atoms with Crippen LogP contribution in [0.1, 0.15) is 36.1 Å². The molecule has 2 N–H and O–H groups in total. The van der Waals surface area contributed by atoms with Gasteiger partial charge in [-0.25, -0.2) is 9.98 Å². The molecule has 0 radical (unpaired) electrons. The molecule has 0 amide bonds. The molecule has 2 atom stereocenters. The molecule has 0 spiro atoms. The zero-order valence-electron chi connectivity index (χ0n) is 20.5. The third-order valence-corrected chi connectivity index (χ3v) is 6.61. The van der Waals surface area contributed by atoms with E-state index < -0.39 is 11.8 Å². The molecule has 1 aromatic carbocycles. The third-order valence-electron chi connectivity index (χ3n) is 6.61. The third kappa shape index (κ3) is 3.59. The fraction of sp³-hybridized carbons (Fsp3) is 0.480. The van der Waals surface area contributed by atoms with Crippen LogP contribution in [-0.2, 0) is 24.2 Å². The summed E-state index contributed by atoms with van der Waals surface area (Å²) < 4.78 is 23.4. The van der Waals surface area contributed by atoms with Crippen LogP contribution in [0.15, 0.2) is 28.2 Å². The van der Waals surface area contributed by atoms with Crippen LogP contribution in [0.3, 0.4) is 0 Å². The van der Waals surface area contributed by atoms with Crippen molar-refractivity contribution < 1.29 is 18.9 Å². The molecule has 0 bridgehead atoms. The van der Waals surface area contributed by atoms with Gasteiger partial charge in [-0.05, 0) is 37.1 Å². The molecule has 180 valence electrons. The number of methoxy groups -OCH3 is 2. The van der Waals surface area contributed by atoms with Crippen molar-refractivity contribution in [3.63, 3.8) is 0 Å². The summed E-state index contributed by atoms with van der Waals surface area (Å²) in [4.78, 5) is 16.1. The molecule has 9 nitrogen and oxygen atoms in total. The first-order valence-corrected chi connectivity index (χ1v) is 11.3. The van der Waals surface area contributed by atoms with Gasteiger partial charge in [-0.2, -0.15) is 4.98 Å². The summed E-state index contributed by atoms with van der Waals surface area (Å²) in [6.07, 6.45) is 2.15. The second-order valence-electron chi connectivity index (χ2n) is 9.81. The van der Waals surface area contributed by atoms with Crippen molar-refractivity contribution in [3.8, 4) is 17.4 Å². The van der Waals surface area contributed by atoms with E-state index in [1.165, 1.54) is 0 Å². The number of anilines is 1. The number of fused-ring (bicyclic) bond motifs is 5. The molecular formula is C25H31N5O4. The number of pyridine rings is 1. The normalized spacial score (nSPS) is 23.9. The molecule has 0 saturated heterocycles. The molecule has 3 aliphatic heterocycles.